The lowest BCUT2D eigenvalue weighted by molar-refractivity contribution is 0.193. The highest BCUT2D eigenvalue weighted by Crippen LogP contribution is 2.30. The van der Waals surface area contributed by atoms with Crippen molar-refractivity contribution in [3.63, 3.8) is 0 Å². The molecule has 0 unspecified atom stereocenters. The zero-order valence-corrected chi connectivity index (χ0v) is 19.5. The average molecular weight is 457 g/mol. The minimum atomic E-state index is -3.72. The van der Waals surface area contributed by atoms with E-state index in [-0.39, 0.29) is 30.1 Å². The number of rotatable bonds is 8. The molecule has 0 aliphatic heterocycles. The van der Waals surface area contributed by atoms with Gasteiger partial charge in [0.1, 0.15) is 0 Å². The first-order chi connectivity index (χ1) is 15.2. The van der Waals surface area contributed by atoms with Gasteiger partial charge in [-0.25, -0.2) is 4.79 Å². The van der Waals surface area contributed by atoms with E-state index in [9.17, 15) is 13.2 Å². The van der Waals surface area contributed by atoms with Gasteiger partial charge >= 0.3 is 16.1 Å². The molecule has 1 N–H and O–H groups in total. The second-order valence-electron chi connectivity index (χ2n) is 7.59. The van der Waals surface area contributed by atoms with E-state index in [1.54, 1.807) is 23.1 Å². The second kappa shape index (κ2) is 9.91. The van der Waals surface area contributed by atoms with Crippen molar-refractivity contribution in [2.75, 3.05) is 18.2 Å². The number of methoxy groups -OCH3 is 1. The predicted molar refractivity (Wildman–Crippen MR) is 127 cm³/mol. The third-order valence-corrected chi connectivity index (χ3v) is 6.21. The van der Waals surface area contributed by atoms with E-state index in [0.717, 1.165) is 16.5 Å². The molecule has 0 fully saturated rings. The van der Waals surface area contributed by atoms with Crippen LogP contribution in [0.25, 0.3) is 10.8 Å². The number of amides is 2. The minimum Gasteiger partial charge on any atom is -0.493 e. The molecule has 0 heterocycles. The highest BCUT2D eigenvalue weighted by atomic mass is 32.2. The summed E-state index contributed by atoms with van der Waals surface area (Å²) in [6, 6.07) is 18.3. The molecule has 0 aromatic heterocycles. The fourth-order valence-corrected chi connectivity index (χ4v) is 3.81. The number of carbonyl (C=O) groups is 1. The Hall–Kier alpha value is -3.26. The van der Waals surface area contributed by atoms with Crippen LogP contribution in [0.4, 0.5) is 10.5 Å². The van der Waals surface area contributed by atoms with Crippen molar-refractivity contribution in [1.82, 2.24) is 4.90 Å². The number of ether oxygens (including phenoxy) is 1. The Bertz CT molecular complexity index is 1200. The van der Waals surface area contributed by atoms with Crippen LogP contribution in [0, 0.1) is 0 Å². The lowest BCUT2D eigenvalue weighted by atomic mass is 10.1. The third kappa shape index (κ3) is 5.50. The van der Waals surface area contributed by atoms with Crippen LogP contribution in [0.15, 0.2) is 60.7 Å². The first kappa shape index (κ1) is 23.4. The molecule has 32 heavy (non-hydrogen) atoms. The maximum absolute atomic E-state index is 13.1. The lowest BCUT2D eigenvalue weighted by Gasteiger charge is -2.27. The minimum absolute atomic E-state index is 0.101. The van der Waals surface area contributed by atoms with E-state index in [2.05, 4.69) is 5.32 Å². The summed E-state index contributed by atoms with van der Waals surface area (Å²) in [5.41, 5.74) is 1.44. The molecule has 0 aliphatic carbocycles. The fraction of sp³-hybridized carbons (Fsp3) is 0.292. The molecule has 0 saturated carbocycles. The summed E-state index contributed by atoms with van der Waals surface area (Å²) >= 11 is 0. The highest BCUT2D eigenvalue weighted by Gasteiger charge is 2.20. The molecule has 0 saturated heterocycles. The van der Waals surface area contributed by atoms with Crippen molar-refractivity contribution in [2.24, 2.45) is 0 Å². The van der Waals surface area contributed by atoms with Gasteiger partial charge < -0.3 is 19.1 Å². The van der Waals surface area contributed by atoms with Crippen molar-refractivity contribution in [1.29, 1.82) is 0 Å². The number of hydrogen-bond donors (Lipinski definition) is 1. The molecule has 0 aliphatic rings. The van der Waals surface area contributed by atoms with Crippen LogP contribution in [0.1, 0.15) is 26.3 Å². The van der Waals surface area contributed by atoms with Gasteiger partial charge in [-0.05, 0) is 49.9 Å². The molecule has 0 radical (unpaired) electrons. The molecule has 0 bridgehead atoms. The third-order valence-electron chi connectivity index (χ3n) is 5.07. The highest BCUT2D eigenvalue weighted by molar-refractivity contribution is 7.87. The fourth-order valence-electron chi connectivity index (χ4n) is 3.29. The van der Waals surface area contributed by atoms with Gasteiger partial charge in [0.2, 0.25) is 0 Å². The Balaban J connectivity index is 1.85. The maximum Gasteiger partial charge on any atom is 0.322 e. The van der Waals surface area contributed by atoms with Gasteiger partial charge in [-0.2, -0.15) is 8.42 Å². The summed E-state index contributed by atoms with van der Waals surface area (Å²) in [5, 5.41) is 5.00. The van der Waals surface area contributed by atoms with Crippen LogP contribution in [-0.4, -0.2) is 38.3 Å². The monoisotopic (exact) mass is 456 g/mol. The van der Waals surface area contributed by atoms with E-state index in [4.69, 9.17) is 8.92 Å². The van der Waals surface area contributed by atoms with Crippen molar-refractivity contribution in [2.45, 2.75) is 33.4 Å². The average Bonchev–Trinajstić information content (AvgIpc) is 2.77. The Morgan fingerprint density at radius 3 is 2.44 bits per heavy atom. The maximum atomic E-state index is 13.1. The normalized spacial score (nSPS) is 11.4. The summed E-state index contributed by atoms with van der Waals surface area (Å²) in [7, 11) is -2.27. The Morgan fingerprint density at radius 2 is 1.75 bits per heavy atom. The van der Waals surface area contributed by atoms with Crippen molar-refractivity contribution >= 4 is 32.6 Å². The summed E-state index contributed by atoms with van der Waals surface area (Å²) in [5.74, 6) is 0.249. The molecule has 0 spiro atoms. The number of anilines is 1. The number of carbonyl (C=O) groups excluding carboxylic acids is 1. The van der Waals surface area contributed by atoms with Crippen LogP contribution < -0.4 is 14.2 Å². The summed E-state index contributed by atoms with van der Waals surface area (Å²) < 4.78 is 34.3. The molecule has 170 valence electrons. The first-order valence-electron chi connectivity index (χ1n) is 10.4. The molecule has 3 aromatic rings. The molecule has 8 heteroatoms. The van der Waals surface area contributed by atoms with Gasteiger partial charge in [0.05, 0.1) is 18.6 Å². The second-order valence-corrected chi connectivity index (χ2v) is 9.45. The topological polar surface area (TPSA) is 84.9 Å². The number of nitrogens with zero attached hydrogens (tertiary/aromatic N) is 1. The molecule has 7 nitrogen and oxygen atoms in total. The largest absolute Gasteiger partial charge is 0.493 e. The number of hydrogen-bond acceptors (Lipinski definition) is 5. The number of benzene rings is 3. The van der Waals surface area contributed by atoms with Crippen LogP contribution >= 0.6 is 0 Å². The van der Waals surface area contributed by atoms with Gasteiger partial charge in [0.15, 0.2) is 11.5 Å². The summed E-state index contributed by atoms with van der Waals surface area (Å²) in [4.78, 5) is 14.8. The van der Waals surface area contributed by atoms with Gasteiger partial charge in [0, 0.05) is 18.0 Å². The Labute approximate surface area is 189 Å². The molecule has 3 rings (SSSR count). The summed E-state index contributed by atoms with van der Waals surface area (Å²) in [6.45, 7) is 5.61. The van der Waals surface area contributed by atoms with Gasteiger partial charge in [-0.1, -0.05) is 42.5 Å². The van der Waals surface area contributed by atoms with Crippen LogP contribution in [0.3, 0.4) is 0 Å². The molecule has 2 amide bonds. The SMILES string of the molecule is CCS(=O)(=O)Oc1cc(CN(C(=O)Nc2cccc3ccccc23)C(C)C)ccc1OC. The zero-order valence-electron chi connectivity index (χ0n) is 18.7. The van der Waals surface area contributed by atoms with Crippen molar-refractivity contribution in [3.8, 4) is 11.5 Å². The lowest BCUT2D eigenvalue weighted by Crippen LogP contribution is -2.39. The number of urea groups is 1. The van der Waals surface area contributed by atoms with Crippen molar-refractivity contribution in [3.05, 3.63) is 66.2 Å². The molecule has 0 atom stereocenters. The molecular weight excluding hydrogens is 428 g/mol. The van der Waals surface area contributed by atoms with Crippen LogP contribution in [0.5, 0.6) is 11.5 Å². The Kier molecular flexibility index (Phi) is 7.25. The van der Waals surface area contributed by atoms with E-state index in [1.165, 1.54) is 14.0 Å². The first-order valence-corrected chi connectivity index (χ1v) is 12.0. The summed E-state index contributed by atoms with van der Waals surface area (Å²) in [6.07, 6.45) is 0. The van der Waals surface area contributed by atoms with Crippen LogP contribution in [0.2, 0.25) is 0 Å². The van der Waals surface area contributed by atoms with E-state index in [1.807, 2.05) is 56.3 Å². The predicted octanol–water partition coefficient (Wildman–Crippen LogP) is 5.02. The molecule has 3 aromatic carbocycles. The van der Waals surface area contributed by atoms with Crippen LogP contribution in [-0.2, 0) is 16.7 Å². The molecular formula is C24H28N2O5S. The van der Waals surface area contributed by atoms with E-state index < -0.39 is 10.1 Å². The number of fused-ring (bicyclic) bond motifs is 1. The van der Waals surface area contributed by atoms with Gasteiger partial charge in [-0.3, -0.25) is 0 Å². The Morgan fingerprint density at radius 1 is 1.03 bits per heavy atom. The zero-order chi connectivity index (χ0) is 23.3. The smallest absolute Gasteiger partial charge is 0.322 e. The van der Waals surface area contributed by atoms with E-state index >= 15 is 0 Å². The van der Waals surface area contributed by atoms with Gasteiger partial charge in [0.25, 0.3) is 0 Å². The quantitative estimate of drug-likeness (QED) is 0.481. The van der Waals surface area contributed by atoms with E-state index in [0.29, 0.717) is 11.3 Å². The van der Waals surface area contributed by atoms with Crippen molar-refractivity contribution < 1.29 is 22.1 Å². The number of nitrogens with one attached hydrogen (secondary N) is 1. The standard InChI is InChI=1S/C24H28N2O5S/c1-5-32(28,29)31-23-15-18(13-14-22(23)30-4)16-26(17(2)3)24(27)25-21-12-8-10-19-9-6-7-11-20(19)21/h6-15,17H,5,16H2,1-4H3,(H,25,27). The van der Waals surface area contributed by atoms with Gasteiger partial charge in [-0.15, -0.1) is 0 Å².